The fourth-order valence-corrected chi connectivity index (χ4v) is 2.81. The summed E-state index contributed by atoms with van der Waals surface area (Å²) < 4.78 is 13.6. The van der Waals surface area contributed by atoms with E-state index in [2.05, 4.69) is 22.8 Å². The zero-order chi connectivity index (χ0) is 18.9. The van der Waals surface area contributed by atoms with Gasteiger partial charge in [0.25, 0.3) is 0 Å². The molecule has 2 N–H and O–H groups in total. The number of rotatable bonds is 8. The van der Waals surface area contributed by atoms with E-state index in [0.29, 0.717) is 13.2 Å². The van der Waals surface area contributed by atoms with E-state index in [1.807, 2.05) is 66.9 Å². The highest BCUT2D eigenvalue weighted by atomic mass is 16.5. The molecule has 0 aliphatic heterocycles. The first-order chi connectivity index (χ1) is 13.3. The zero-order valence-electron chi connectivity index (χ0n) is 15.5. The molecule has 0 saturated heterocycles. The van der Waals surface area contributed by atoms with Gasteiger partial charge in [-0.15, -0.1) is 0 Å². The third-order valence-corrected chi connectivity index (χ3v) is 4.22. The van der Waals surface area contributed by atoms with Gasteiger partial charge in [0, 0.05) is 18.2 Å². The van der Waals surface area contributed by atoms with Gasteiger partial charge in [0.05, 0.1) is 13.7 Å². The minimum absolute atomic E-state index is 0.500. The second-order valence-electron chi connectivity index (χ2n) is 6.13. The molecule has 2 aromatic carbocycles. The molecular weight excluding hydrogens is 336 g/mol. The third-order valence-electron chi connectivity index (χ3n) is 4.22. The summed E-state index contributed by atoms with van der Waals surface area (Å²) in [5, 5.41) is 0. The standard InChI is InChI=1S/C23H25N2O2/c1-26-22-13-11-19(10-12-21-9-5-6-15-25(21)16-14-24)17-23(22)27-18-20-7-3-2-4-8-20/h2-13,15,17H,14,16,18,24H2,1H3/q+1/b12-10+. The SMILES string of the molecule is COc1ccc(/C=C/c2cccc[n+]2CCN)cc1OCc1ccccc1. The number of pyridine rings is 1. The van der Waals surface area contributed by atoms with Gasteiger partial charge in [-0.1, -0.05) is 36.4 Å². The van der Waals surface area contributed by atoms with Crippen LogP contribution in [0.5, 0.6) is 11.5 Å². The van der Waals surface area contributed by atoms with Gasteiger partial charge >= 0.3 is 0 Å². The van der Waals surface area contributed by atoms with Gasteiger partial charge in [-0.05, 0) is 35.4 Å². The van der Waals surface area contributed by atoms with Crippen LogP contribution in [0.25, 0.3) is 12.2 Å². The summed E-state index contributed by atoms with van der Waals surface area (Å²) in [6.45, 7) is 1.89. The summed E-state index contributed by atoms with van der Waals surface area (Å²) in [7, 11) is 1.65. The summed E-state index contributed by atoms with van der Waals surface area (Å²) in [4.78, 5) is 0. The molecule has 0 saturated carbocycles. The first kappa shape index (κ1) is 18.7. The highest BCUT2D eigenvalue weighted by molar-refractivity contribution is 5.68. The molecule has 138 valence electrons. The van der Waals surface area contributed by atoms with Crippen molar-refractivity contribution >= 4 is 12.2 Å². The molecule has 0 fully saturated rings. The van der Waals surface area contributed by atoms with Gasteiger partial charge in [-0.25, -0.2) is 0 Å². The predicted molar refractivity (Wildman–Crippen MR) is 108 cm³/mol. The maximum Gasteiger partial charge on any atom is 0.205 e. The molecule has 0 aliphatic carbocycles. The van der Waals surface area contributed by atoms with E-state index in [-0.39, 0.29) is 0 Å². The molecule has 0 unspecified atom stereocenters. The van der Waals surface area contributed by atoms with Crippen LogP contribution in [0.15, 0.2) is 72.9 Å². The Morgan fingerprint density at radius 2 is 1.74 bits per heavy atom. The van der Waals surface area contributed by atoms with Crippen molar-refractivity contribution in [2.45, 2.75) is 13.2 Å². The van der Waals surface area contributed by atoms with Crippen LogP contribution in [0.2, 0.25) is 0 Å². The van der Waals surface area contributed by atoms with Gasteiger partial charge in [0.2, 0.25) is 5.69 Å². The van der Waals surface area contributed by atoms with E-state index in [9.17, 15) is 0 Å². The van der Waals surface area contributed by atoms with Gasteiger partial charge in [-0.2, -0.15) is 4.57 Å². The number of aromatic nitrogens is 1. The van der Waals surface area contributed by atoms with E-state index >= 15 is 0 Å². The number of nitrogens with zero attached hydrogens (tertiary/aromatic N) is 1. The first-order valence-electron chi connectivity index (χ1n) is 9.01. The third kappa shape index (κ3) is 5.19. The van der Waals surface area contributed by atoms with E-state index < -0.39 is 0 Å². The fourth-order valence-electron chi connectivity index (χ4n) is 2.81. The molecule has 1 aromatic heterocycles. The summed E-state index contributed by atoms with van der Waals surface area (Å²) in [6.07, 6.45) is 6.19. The molecule has 0 atom stereocenters. The monoisotopic (exact) mass is 361 g/mol. The highest BCUT2D eigenvalue weighted by Gasteiger charge is 2.07. The molecule has 3 rings (SSSR count). The minimum atomic E-state index is 0.500. The smallest absolute Gasteiger partial charge is 0.205 e. The van der Waals surface area contributed by atoms with Crippen LogP contribution in [0.3, 0.4) is 0 Å². The minimum Gasteiger partial charge on any atom is -0.493 e. The van der Waals surface area contributed by atoms with Gasteiger partial charge < -0.3 is 15.2 Å². The molecule has 4 nitrogen and oxygen atoms in total. The van der Waals surface area contributed by atoms with Crippen LogP contribution in [-0.4, -0.2) is 13.7 Å². The lowest BCUT2D eigenvalue weighted by Gasteiger charge is -2.11. The lowest BCUT2D eigenvalue weighted by Crippen LogP contribution is -2.39. The van der Waals surface area contributed by atoms with E-state index in [1.165, 1.54) is 0 Å². The van der Waals surface area contributed by atoms with Crippen molar-refractivity contribution < 1.29 is 14.0 Å². The average Bonchev–Trinajstić information content (AvgIpc) is 2.72. The normalized spacial score (nSPS) is 10.9. The van der Waals surface area contributed by atoms with Gasteiger partial charge in [0.1, 0.15) is 6.61 Å². The van der Waals surface area contributed by atoms with Crippen LogP contribution in [-0.2, 0) is 13.2 Å². The van der Waals surface area contributed by atoms with Crippen molar-refractivity contribution in [3.05, 3.63) is 89.7 Å². The Kier molecular flexibility index (Phi) is 6.61. The Bertz CT molecular complexity index is 892. The Hall–Kier alpha value is -3.11. The lowest BCUT2D eigenvalue weighted by atomic mass is 10.1. The second kappa shape index (κ2) is 9.55. The molecule has 27 heavy (non-hydrogen) atoms. The van der Waals surface area contributed by atoms with Crippen molar-refractivity contribution in [1.29, 1.82) is 0 Å². The molecule has 0 spiro atoms. The average molecular weight is 361 g/mol. The van der Waals surface area contributed by atoms with E-state index in [4.69, 9.17) is 15.2 Å². The summed E-state index contributed by atoms with van der Waals surface area (Å²) >= 11 is 0. The van der Waals surface area contributed by atoms with E-state index in [0.717, 1.165) is 34.9 Å². The van der Waals surface area contributed by atoms with Crippen LogP contribution in [0.1, 0.15) is 16.8 Å². The van der Waals surface area contributed by atoms with Crippen LogP contribution in [0.4, 0.5) is 0 Å². The van der Waals surface area contributed by atoms with Crippen molar-refractivity contribution in [3.63, 3.8) is 0 Å². The summed E-state index contributed by atoms with van der Waals surface area (Å²) in [5.74, 6) is 1.45. The second-order valence-corrected chi connectivity index (χ2v) is 6.13. The number of hydrogen-bond donors (Lipinski definition) is 1. The molecule has 0 aliphatic rings. The summed E-state index contributed by atoms with van der Waals surface area (Å²) in [5.41, 5.74) is 8.96. The first-order valence-corrected chi connectivity index (χ1v) is 9.01. The molecule has 4 heteroatoms. The molecule has 0 radical (unpaired) electrons. The maximum atomic E-state index is 5.99. The number of methoxy groups -OCH3 is 1. The van der Waals surface area contributed by atoms with Crippen molar-refractivity contribution in [3.8, 4) is 11.5 Å². The largest absolute Gasteiger partial charge is 0.493 e. The highest BCUT2D eigenvalue weighted by Crippen LogP contribution is 2.29. The van der Waals surface area contributed by atoms with Gasteiger partial charge in [0.15, 0.2) is 24.2 Å². The van der Waals surface area contributed by atoms with Crippen molar-refractivity contribution in [1.82, 2.24) is 0 Å². The number of hydrogen-bond acceptors (Lipinski definition) is 3. The van der Waals surface area contributed by atoms with Crippen molar-refractivity contribution in [2.24, 2.45) is 5.73 Å². The van der Waals surface area contributed by atoms with Crippen LogP contribution in [0, 0.1) is 0 Å². The predicted octanol–water partition coefficient (Wildman–Crippen LogP) is 3.69. The fraction of sp³-hybridized carbons (Fsp3) is 0.174. The number of benzene rings is 2. The van der Waals surface area contributed by atoms with Crippen LogP contribution >= 0.6 is 0 Å². The Labute approximate surface area is 160 Å². The van der Waals surface area contributed by atoms with Crippen LogP contribution < -0.4 is 19.8 Å². The molecule has 3 aromatic rings. The Balaban J connectivity index is 1.78. The van der Waals surface area contributed by atoms with E-state index in [1.54, 1.807) is 7.11 Å². The molecule has 0 amide bonds. The molecular formula is C23H25N2O2+. The zero-order valence-corrected chi connectivity index (χ0v) is 15.5. The molecule has 0 bridgehead atoms. The maximum absolute atomic E-state index is 5.99. The molecule has 1 heterocycles. The van der Waals surface area contributed by atoms with Gasteiger partial charge in [-0.3, -0.25) is 0 Å². The Morgan fingerprint density at radius 1 is 0.926 bits per heavy atom. The number of ether oxygens (including phenoxy) is 2. The summed E-state index contributed by atoms with van der Waals surface area (Å²) in [6, 6.07) is 22.1. The quantitative estimate of drug-likeness (QED) is 0.623. The number of nitrogens with two attached hydrogens (primary N) is 1. The topological polar surface area (TPSA) is 48.4 Å². The Morgan fingerprint density at radius 3 is 2.52 bits per heavy atom. The van der Waals surface area contributed by atoms with Crippen molar-refractivity contribution in [2.75, 3.05) is 13.7 Å². The lowest BCUT2D eigenvalue weighted by molar-refractivity contribution is -0.696.